The molecule has 122 valence electrons. The predicted molar refractivity (Wildman–Crippen MR) is 99.5 cm³/mol. The lowest BCUT2D eigenvalue weighted by molar-refractivity contribution is 0.232. The summed E-state index contributed by atoms with van der Waals surface area (Å²) in [7, 11) is 4.55. The van der Waals surface area contributed by atoms with E-state index in [2.05, 4.69) is 56.3 Å². The first kappa shape index (κ1) is 16.5. The predicted octanol–water partition coefficient (Wildman–Crippen LogP) is 4.86. The lowest BCUT2D eigenvalue weighted by Gasteiger charge is -2.38. The minimum atomic E-state index is 0.0188. The van der Waals surface area contributed by atoms with Crippen LogP contribution in [0, 0.1) is 5.92 Å². The standard InChI is InChI=1S/C20H32NP/c1-16(21(2)3)19-14-9-15-20(19)22(18-12-7-8-13-18)17-10-5-4-6-11-17/h4-6,10-11,16,18-20H,7-9,12-15H2,1-3H3/t16-,19?,20?,22+/m0/s1. The topological polar surface area (TPSA) is 3.24 Å². The van der Waals surface area contributed by atoms with E-state index >= 15 is 0 Å². The zero-order chi connectivity index (χ0) is 15.5. The van der Waals surface area contributed by atoms with Gasteiger partial charge >= 0.3 is 0 Å². The summed E-state index contributed by atoms with van der Waals surface area (Å²) in [6.07, 6.45) is 10.3. The highest BCUT2D eigenvalue weighted by atomic mass is 31.1. The van der Waals surface area contributed by atoms with Crippen LogP contribution in [-0.2, 0) is 0 Å². The number of nitrogens with zero attached hydrogens (tertiary/aromatic N) is 1. The summed E-state index contributed by atoms with van der Waals surface area (Å²) in [6, 6.07) is 12.3. The van der Waals surface area contributed by atoms with E-state index < -0.39 is 0 Å². The Morgan fingerprint density at radius 1 is 0.955 bits per heavy atom. The van der Waals surface area contributed by atoms with Crippen molar-refractivity contribution < 1.29 is 0 Å². The summed E-state index contributed by atoms with van der Waals surface area (Å²) in [4.78, 5) is 2.45. The smallest absolute Gasteiger partial charge is 0.00952 e. The van der Waals surface area contributed by atoms with Crippen molar-refractivity contribution in [3.63, 3.8) is 0 Å². The van der Waals surface area contributed by atoms with Gasteiger partial charge in [0.05, 0.1) is 0 Å². The molecule has 1 aromatic carbocycles. The molecule has 2 aliphatic carbocycles. The molecule has 2 unspecified atom stereocenters. The lowest BCUT2D eigenvalue weighted by atomic mass is 9.98. The molecule has 2 aliphatic rings. The molecule has 0 bridgehead atoms. The molecule has 0 N–H and O–H groups in total. The van der Waals surface area contributed by atoms with Crippen LogP contribution >= 0.6 is 7.92 Å². The molecular formula is C20H32NP. The van der Waals surface area contributed by atoms with Crippen molar-refractivity contribution in [1.29, 1.82) is 0 Å². The van der Waals surface area contributed by atoms with Gasteiger partial charge in [-0.15, -0.1) is 0 Å². The first-order chi connectivity index (χ1) is 10.7. The van der Waals surface area contributed by atoms with Gasteiger partial charge in [0.15, 0.2) is 0 Å². The highest BCUT2D eigenvalue weighted by Crippen LogP contribution is 2.58. The van der Waals surface area contributed by atoms with Gasteiger partial charge in [-0.3, -0.25) is 0 Å². The maximum absolute atomic E-state index is 2.45. The van der Waals surface area contributed by atoms with Gasteiger partial charge < -0.3 is 4.90 Å². The Hall–Kier alpha value is -0.390. The Balaban J connectivity index is 1.88. The third kappa shape index (κ3) is 3.41. The minimum absolute atomic E-state index is 0.0188. The molecule has 0 saturated heterocycles. The van der Waals surface area contributed by atoms with Crippen molar-refractivity contribution in [2.75, 3.05) is 14.1 Å². The quantitative estimate of drug-likeness (QED) is 0.701. The van der Waals surface area contributed by atoms with Gasteiger partial charge in [-0.1, -0.05) is 57.5 Å². The SMILES string of the molecule is C[C@@H](C1CCCC1[P@](c1ccccc1)C1CCCC1)N(C)C. The van der Waals surface area contributed by atoms with Crippen molar-refractivity contribution in [1.82, 2.24) is 4.90 Å². The average molecular weight is 317 g/mol. The monoisotopic (exact) mass is 317 g/mol. The summed E-state index contributed by atoms with van der Waals surface area (Å²) in [5, 5.41) is 1.69. The Labute approximate surface area is 138 Å². The second-order valence-electron chi connectivity index (χ2n) is 7.55. The molecule has 0 radical (unpaired) electrons. The van der Waals surface area contributed by atoms with Crippen LogP contribution in [0.4, 0.5) is 0 Å². The van der Waals surface area contributed by atoms with Gasteiger partial charge in [0, 0.05) is 6.04 Å². The molecule has 0 aromatic heterocycles. The Morgan fingerprint density at radius 3 is 2.27 bits per heavy atom. The molecule has 22 heavy (non-hydrogen) atoms. The molecule has 0 amide bonds. The molecule has 2 saturated carbocycles. The molecule has 0 spiro atoms. The van der Waals surface area contributed by atoms with Gasteiger partial charge in [-0.25, -0.2) is 0 Å². The normalized spacial score (nSPS) is 29.1. The van der Waals surface area contributed by atoms with Crippen LogP contribution in [-0.4, -0.2) is 36.4 Å². The first-order valence-corrected chi connectivity index (χ1v) is 10.7. The van der Waals surface area contributed by atoms with Crippen molar-refractivity contribution in [3.8, 4) is 0 Å². The summed E-state index contributed by atoms with van der Waals surface area (Å²) < 4.78 is 0. The highest BCUT2D eigenvalue weighted by molar-refractivity contribution is 7.67. The zero-order valence-corrected chi connectivity index (χ0v) is 15.4. The van der Waals surface area contributed by atoms with E-state index in [9.17, 15) is 0 Å². The summed E-state index contributed by atoms with van der Waals surface area (Å²) in [5.74, 6) is 0.905. The maximum atomic E-state index is 2.45. The molecule has 2 heteroatoms. The van der Waals surface area contributed by atoms with E-state index in [0.717, 1.165) is 23.3 Å². The van der Waals surface area contributed by atoms with Crippen molar-refractivity contribution >= 4 is 13.2 Å². The molecule has 0 aliphatic heterocycles. The molecule has 1 aromatic rings. The molecule has 1 nitrogen and oxygen atoms in total. The van der Waals surface area contributed by atoms with E-state index in [1.54, 1.807) is 5.30 Å². The molecular weight excluding hydrogens is 285 g/mol. The van der Waals surface area contributed by atoms with Crippen LogP contribution in [0.2, 0.25) is 0 Å². The Morgan fingerprint density at radius 2 is 1.64 bits per heavy atom. The first-order valence-electron chi connectivity index (χ1n) is 9.18. The Kier molecular flexibility index (Phi) is 5.58. The average Bonchev–Trinajstić information content (AvgIpc) is 3.20. The molecule has 4 atom stereocenters. The van der Waals surface area contributed by atoms with Gasteiger partial charge in [0.2, 0.25) is 0 Å². The van der Waals surface area contributed by atoms with Crippen LogP contribution in [0.5, 0.6) is 0 Å². The molecule has 2 fully saturated rings. The lowest BCUT2D eigenvalue weighted by Crippen LogP contribution is -2.37. The van der Waals surface area contributed by atoms with Crippen LogP contribution < -0.4 is 5.30 Å². The van der Waals surface area contributed by atoms with Crippen LogP contribution in [0.15, 0.2) is 30.3 Å². The van der Waals surface area contributed by atoms with Gasteiger partial charge in [0.25, 0.3) is 0 Å². The van der Waals surface area contributed by atoms with Crippen molar-refractivity contribution in [2.24, 2.45) is 5.92 Å². The second-order valence-corrected chi connectivity index (χ2v) is 10.3. The largest absolute Gasteiger partial charge is 0.306 e. The van der Waals surface area contributed by atoms with E-state index in [1.807, 2.05) is 0 Å². The van der Waals surface area contributed by atoms with Gasteiger partial charge in [-0.05, 0) is 69.2 Å². The van der Waals surface area contributed by atoms with E-state index in [4.69, 9.17) is 0 Å². The molecule has 3 rings (SSSR count). The number of hydrogen-bond donors (Lipinski definition) is 0. The molecule has 0 heterocycles. The Bertz CT molecular complexity index is 452. The number of rotatable bonds is 5. The highest BCUT2D eigenvalue weighted by Gasteiger charge is 2.41. The van der Waals surface area contributed by atoms with Gasteiger partial charge in [-0.2, -0.15) is 0 Å². The van der Waals surface area contributed by atoms with E-state index in [0.29, 0.717) is 0 Å². The fourth-order valence-corrected chi connectivity index (χ4v) is 8.77. The fourth-order valence-electron chi connectivity index (χ4n) is 4.72. The summed E-state index contributed by atoms with van der Waals surface area (Å²) in [6.45, 7) is 2.45. The van der Waals surface area contributed by atoms with Crippen molar-refractivity contribution in [3.05, 3.63) is 30.3 Å². The number of benzene rings is 1. The van der Waals surface area contributed by atoms with Gasteiger partial charge in [0.1, 0.15) is 0 Å². The minimum Gasteiger partial charge on any atom is -0.306 e. The number of hydrogen-bond acceptors (Lipinski definition) is 1. The van der Waals surface area contributed by atoms with Crippen LogP contribution in [0.25, 0.3) is 0 Å². The summed E-state index contributed by atoms with van der Waals surface area (Å²) in [5.41, 5.74) is 1.95. The van der Waals surface area contributed by atoms with E-state index in [1.165, 1.54) is 44.9 Å². The fraction of sp³-hybridized carbons (Fsp3) is 0.700. The third-order valence-electron chi connectivity index (χ3n) is 6.10. The summed E-state index contributed by atoms with van der Waals surface area (Å²) >= 11 is 0. The van der Waals surface area contributed by atoms with Crippen LogP contribution in [0.3, 0.4) is 0 Å². The third-order valence-corrected chi connectivity index (χ3v) is 9.65. The van der Waals surface area contributed by atoms with Crippen molar-refractivity contribution in [2.45, 2.75) is 69.2 Å². The maximum Gasteiger partial charge on any atom is 0.00952 e. The van der Waals surface area contributed by atoms with Crippen LogP contribution in [0.1, 0.15) is 51.9 Å². The zero-order valence-electron chi connectivity index (χ0n) is 14.5. The van der Waals surface area contributed by atoms with E-state index in [-0.39, 0.29) is 7.92 Å². The second kappa shape index (κ2) is 7.45.